The van der Waals surface area contributed by atoms with Crippen molar-refractivity contribution in [3.63, 3.8) is 0 Å². The molecule has 2 atom stereocenters. The first-order chi connectivity index (χ1) is 20.2. The summed E-state index contributed by atoms with van der Waals surface area (Å²) in [6.07, 6.45) is 5.01. The van der Waals surface area contributed by atoms with Gasteiger partial charge < -0.3 is 0 Å². The molecule has 6 rings (SSSR count). The zero-order chi connectivity index (χ0) is 30.9. The van der Waals surface area contributed by atoms with Crippen LogP contribution < -0.4 is 0 Å². The molecule has 1 heteroatoms. The van der Waals surface area contributed by atoms with E-state index in [9.17, 15) is 0 Å². The highest BCUT2D eigenvalue weighted by atomic mass is 28.3. The highest BCUT2D eigenvalue weighted by Crippen LogP contribution is 2.54. The van der Waals surface area contributed by atoms with Crippen LogP contribution in [0.5, 0.6) is 0 Å². The van der Waals surface area contributed by atoms with Crippen LogP contribution in [-0.2, 0) is 10.8 Å². The Bertz CT molecular complexity index is 1620. The maximum atomic E-state index is 2.64. The third kappa shape index (κ3) is 5.10. The van der Waals surface area contributed by atoms with Gasteiger partial charge in [0.05, 0.1) is 8.07 Å². The number of fused-ring (bicyclic) bond motifs is 2. The molecule has 4 aromatic rings. The van der Waals surface area contributed by atoms with E-state index in [-0.39, 0.29) is 10.8 Å². The Labute approximate surface area is 261 Å². The van der Waals surface area contributed by atoms with Gasteiger partial charge in [-0.2, -0.15) is 0 Å². The van der Waals surface area contributed by atoms with Crippen molar-refractivity contribution in [2.45, 2.75) is 90.4 Å². The molecule has 0 aliphatic heterocycles. The minimum Gasteiger partial charge on any atom is -0.0679 e. The Balaban J connectivity index is 1.38. The van der Waals surface area contributed by atoms with E-state index >= 15 is 0 Å². The van der Waals surface area contributed by atoms with Crippen LogP contribution in [0.3, 0.4) is 0 Å². The molecule has 0 amide bonds. The molecule has 0 fully saturated rings. The van der Waals surface area contributed by atoms with Crippen LogP contribution in [0.4, 0.5) is 0 Å². The lowest BCUT2D eigenvalue weighted by Gasteiger charge is -2.39. The van der Waals surface area contributed by atoms with Gasteiger partial charge in [0.15, 0.2) is 0 Å². The lowest BCUT2D eigenvalue weighted by atomic mass is 9.86. The van der Waals surface area contributed by atoms with Gasteiger partial charge in [0.2, 0.25) is 0 Å². The molecule has 0 aromatic heterocycles. The summed E-state index contributed by atoms with van der Waals surface area (Å²) in [4.78, 5) is 0. The lowest BCUT2D eigenvalue weighted by Crippen LogP contribution is -2.42. The predicted octanol–water partition coefficient (Wildman–Crippen LogP) is 12.1. The highest BCUT2D eigenvalue weighted by Gasteiger charge is 2.47. The van der Waals surface area contributed by atoms with Crippen molar-refractivity contribution in [2.24, 2.45) is 0 Å². The number of hydrogen-bond donors (Lipinski definition) is 0. The topological polar surface area (TPSA) is 0 Å². The molecule has 0 saturated carbocycles. The van der Waals surface area contributed by atoms with Gasteiger partial charge in [0, 0.05) is 11.1 Å². The summed E-state index contributed by atoms with van der Waals surface area (Å²) in [5, 5.41) is 0. The zero-order valence-electron chi connectivity index (χ0n) is 27.9. The minimum absolute atomic E-state index is 0.160. The molecule has 2 aliphatic rings. The van der Waals surface area contributed by atoms with Crippen molar-refractivity contribution in [1.29, 1.82) is 0 Å². The van der Waals surface area contributed by atoms with Crippen LogP contribution in [0.1, 0.15) is 99.9 Å². The molecule has 0 saturated heterocycles. The molecule has 0 radical (unpaired) electrons. The van der Waals surface area contributed by atoms with Crippen LogP contribution in [0.2, 0.25) is 13.1 Å². The summed E-state index contributed by atoms with van der Waals surface area (Å²) in [5.74, 6) is 0. The first-order valence-electron chi connectivity index (χ1n) is 16.0. The fraction of sp³-hybridized carbons (Fsp3) is 0.333. The molecule has 0 heterocycles. The second-order valence-electron chi connectivity index (χ2n) is 15.7. The highest BCUT2D eigenvalue weighted by molar-refractivity contribution is 6.81. The molecule has 0 spiro atoms. The van der Waals surface area contributed by atoms with E-state index in [1.807, 2.05) is 0 Å². The average molecular weight is 581 g/mol. The van der Waals surface area contributed by atoms with Crippen LogP contribution in [0, 0.1) is 0 Å². The predicted molar refractivity (Wildman–Crippen MR) is 191 cm³/mol. The second kappa shape index (κ2) is 10.3. The number of benzene rings is 4. The monoisotopic (exact) mass is 580 g/mol. The molecule has 4 aromatic carbocycles. The maximum absolute atomic E-state index is 2.64. The zero-order valence-corrected chi connectivity index (χ0v) is 28.9. The van der Waals surface area contributed by atoms with Gasteiger partial charge in [0.1, 0.15) is 0 Å². The van der Waals surface area contributed by atoms with E-state index in [0.29, 0.717) is 11.1 Å². The maximum Gasteiger partial charge on any atom is 0.0722 e. The molecule has 0 bridgehead atoms. The first-order valence-corrected chi connectivity index (χ1v) is 19.2. The SMILES string of the molecule is CC1=Cc2c(-c3ccc(C(C)(C)C)cc3)cccc2C1[Si](C)(C)C1C(C)=Cc2c(-c3ccc(C(C)(C)C)cc3)cccc21. The molecule has 0 nitrogen and oxygen atoms in total. The Morgan fingerprint density at radius 2 is 0.837 bits per heavy atom. The van der Waals surface area contributed by atoms with Crippen molar-refractivity contribution in [3.05, 3.63) is 129 Å². The minimum atomic E-state index is -1.92. The standard InChI is InChI=1S/C42H48Si/c1-27-25-37-33(29-17-21-31(22-18-29)41(3,4)5)13-11-15-35(37)39(27)43(9,10)40-28(2)26-38-34(14-12-16-36(38)40)30-19-23-32(24-20-30)42(6,7)8/h11-26,39-40H,1-10H3. The summed E-state index contributed by atoms with van der Waals surface area (Å²) in [6, 6.07) is 32.6. The fourth-order valence-electron chi connectivity index (χ4n) is 8.05. The molecule has 2 aliphatic carbocycles. The van der Waals surface area contributed by atoms with Crippen LogP contribution in [0.15, 0.2) is 96.1 Å². The van der Waals surface area contributed by atoms with E-state index in [1.165, 1.54) is 66.8 Å². The molecule has 220 valence electrons. The Morgan fingerprint density at radius 1 is 0.488 bits per heavy atom. The fourth-order valence-corrected chi connectivity index (χ4v) is 13.0. The van der Waals surface area contributed by atoms with Gasteiger partial charge in [-0.15, -0.1) is 0 Å². The van der Waals surface area contributed by atoms with Gasteiger partial charge in [-0.05, 0) is 80.3 Å². The van der Waals surface area contributed by atoms with E-state index in [2.05, 4.69) is 166 Å². The second-order valence-corrected chi connectivity index (χ2v) is 20.5. The summed E-state index contributed by atoms with van der Waals surface area (Å²) in [5.41, 5.74) is 18.4. The molecule has 0 N–H and O–H groups in total. The van der Waals surface area contributed by atoms with E-state index in [0.717, 1.165) is 0 Å². The summed E-state index contributed by atoms with van der Waals surface area (Å²) >= 11 is 0. The first kappa shape index (κ1) is 29.6. The Kier molecular flexibility index (Phi) is 7.13. The average Bonchev–Trinajstić information content (AvgIpc) is 3.48. The van der Waals surface area contributed by atoms with Crippen molar-refractivity contribution < 1.29 is 0 Å². The van der Waals surface area contributed by atoms with Crippen LogP contribution >= 0.6 is 0 Å². The number of allylic oxidation sites excluding steroid dienone is 2. The Morgan fingerprint density at radius 3 is 1.16 bits per heavy atom. The van der Waals surface area contributed by atoms with Crippen molar-refractivity contribution in [1.82, 2.24) is 0 Å². The van der Waals surface area contributed by atoms with E-state index in [4.69, 9.17) is 0 Å². The van der Waals surface area contributed by atoms with E-state index < -0.39 is 8.07 Å². The molecule has 2 unspecified atom stereocenters. The smallest absolute Gasteiger partial charge is 0.0679 e. The molecule has 43 heavy (non-hydrogen) atoms. The quantitative estimate of drug-likeness (QED) is 0.211. The third-order valence-electron chi connectivity index (χ3n) is 10.2. The van der Waals surface area contributed by atoms with Crippen LogP contribution in [-0.4, -0.2) is 8.07 Å². The number of hydrogen-bond acceptors (Lipinski definition) is 0. The van der Waals surface area contributed by atoms with Gasteiger partial charge >= 0.3 is 0 Å². The van der Waals surface area contributed by atoms with Gasteiger partial charge in [-0.1, -0.05) is 163 Å². The van der Waals surface area contributed by atoms with E-state index in [1.54, 1.807) is 0 Å². The number of rotatable bonds is 4. The van der Waals surface area contributed by atoms with Gasteiger partial charge in [0.25, 0.3) is 0 Å². The molecular weight excluding hydrogens is 533 g/mol. The normalized spacial score (nSPS) is 18.3. The summed E-state index contributed by atoms with van der Waals surface area (Å²) in [7, 11) is -1.92. The molecular formula is C42H48Si. The Hall–Kier alpha value is -3.42. The summed E-state index contributed by atoms with van der Waals surface area (Å²) < 4.78 is 0. The lowest BCUT2D eigenvalue weighted by molar-refractivity contribution is 0.590. The van der Waals surface area contributed by atoms with Crippen LogP contribution in [0.25, 0.3) is 34.4 Å². The van der Waals surface area contributed by atoms with Crippen molar-refractivity contribution >= 4 is 20.2 Å². The summed E-state index contributed by atoms with van der Waals surface area (Å²) in [6.45, 7) is 23.8. The van der Waals surface area contributed by atoms with Crippen molar-refractivity contribution in [3.8, 4) is 22.3 Å². The van der Waals surface area contributed by atoms with Gasteiger partial charge in [-0.25, -0.2) is 0 Å². The van der Waals surface area contributed by atoms with Gasteiger partial charge in [-0.3, -0.25) is 0 Å². The third-order valence-corrected chi connectivity index (χ3v) is 14.7. The largest absolute Gasteiger partial charge is 0.0722 e. The van der Waals surface area contributed by atoms with Crippen molar-refractivity contribution in [2.75, 3.05) is 0 Å².